The van der Waals surface area contributed by atoms with Crippen molar-refractivity contribution in [3.05, 3.63) is 23.3 Å². The minimum absolute atomic E-state index is 0.106. The fourth-order valence-corrected chi connectivity index (χ4v) is 4.69. The van der Waals surface area contributed by atoms with E-state index in [4.69, 9.17) is 14.2 Å². The fraction of sp³-hybridized carbons (Fsp3) is 0.714. The molecule has 5 nitrogen and oxygen atoms in total. The maximum absolute atomic E-state index is 10.2. The zero-order chi connectivity index (χ0) is 18.7. The molecule has 1 N–H and O–H groups in total. The van der Waals surface area contributed by atoms with E-state index in [9.17, 15) is 5.11 Å². The van der Waals surface area contributed by atoms with E-state index in [-0.39, 0.29) is 17.7 Å². The van der Waals surface area contributed by atoms with Crippen LogP contribution in [0.3, 0.4) is 0 Å². The lowest BCUT2D eigenvalue weighted by atomic mass is 9.79. The molecule has 1 aliphatic heterocycles. The summed E-state index contributed by atoms with van der Waals surface area (Å²) in [6.45, 7) is 9.15. The molecule has 1 aromatic rings. The van der Waals surface area contributed by atoms with Crippen LogP contribution in [0.2, 0.25) is 0 Å². The summed E-state index contributed by atoms with van der Waals surface area (Å²) in [5.74, 6) is 1.82. The van der Waals surface area contributed by atoms with Crippen molar-refractivity contribution in [2.75, 3.05) is 26.9 Å². The molecule has 0 radical (unpaired) electrons. The van der Waals surface area contributed by atoms with Gasteiger partial charge in [-0.25, -0.2) is 0 Å². The summed E-state index contributed by atoms with van der Waals surface area (Å²) in [6.07, 6.45) is 3.36. The van der Waals surface area contributed by atoms with Crippen LogP contribution in [0.1, 0.15) is 50.7 Å². The Morgan fingerprint density at radius 1 is 1.19 bits per heavy atom. The third kappa shape index (κ3) is 3.57. The molecule has 1 aromatic carbocycles. The van der Waals surface area contributed by atoms with Crippen molar-refractivity contribution in [2.24, 2.45) is 0 Å². The van der Waals surface area contributed by atoms with Crippen molar-refractivity contribution in [3.8, 4) is 11.5 Å². The van der Waals surface area contributed by atoms with Crippen molar-refractivity contribution in [1.82, 2.24) is 4.90 Å². The Morgan fingerprint density at radius 3 is 2.65 bits per heavy atom. The zero-order valence-corrected chi connectivity index (χ0v) is 16.6. The molecule has 0 aromatic heterocycles. The Morgan fingerprint density at radius 2 is 1.96 bits per heavy atom. The summed E-state index contributed by atoms with van der Waals surface area (Å²) in [4.78, 5) is 2.46. The van der Waals surface area contributed by atoms with E-state index in [1.165, 1.54) is 5.56 Å². The minimum Gasteiger partial charge on any atom is -0.493 e. The van der Waals surface area contributed by atoms with Gasteiger partial charge in [-0.3, -0.25) is 4.90 Å². The highest BCUT2D eigenvalue weighted by Crippen LogP contribution is 2.44. The molecule has 1 saturated carbocycles. The zero-order valence-electron chi connectivity index (χ0n) is 16.6. The van der Waals surface area contributed by atoms with Gasteiger partial charge in [0.05, 0.1) is 24.9 Å². The molecule has 3 rings (SSSR count). The summed E-state index contributed by atoms with van der Waals surface area (Å²) in [5, 5.41) is 10.2. The average Bonchev–Trinajstić information content (AvgIpc) is 2.99. The molecule has 0 bridgehead atoms. The number of fused-ring (bicyclic) bond motifs is 1. The Hall–Kier alpha value is -1.30. The van der Waals surface area contributed by atoms with Crippen molar-refractivity contribution in [2.45, 2.75) is 70.7 Å². The summed E-state index contributed by atoms with van der Waals surface area (Å²) in [7, 11) is 1.82. The van der Waals surface area contributed by atoms with Crippen LogP contribution in [0.5, 0.6) is 11.5 Å². The first-order valence-electron chi connectivity index (χ1n) is 9.90. The molecule has 5 heteroatoms. The molecule has 2 fully saturated rings. The third-order valence-corrected chi connectivity index (χ3v) is 6.07. The highest BCUT2D eigenvalue weighted by Gasteiger charge is 2.50. The Kier molecular flexibility index (Phi) is 6.10. The standard InChI is InChI=1S/C21H33NO4/c1-5-25-18-8-7-16(20(15(18)3)26-6-2)14-22-12-11-21(24-4)10-9-17(23)13-19(21)22/h7-8,17,19,23H,5-6,9-14H2,1-4H3/t17-,19-,21+/m0/s1. The second-order valence-electron chi connectivity index (χ2n) is 7.48. The van der Waals surface area contributed by atoms with E-state index >= 15 is 0 Å². The fourth-order valence-electron chi connectivity index (χ4n) is 4.69. The van der Waals surface area contributed by atoms with Crippen molar-refractivity contribution in [1.29, 1.82) is 0 Å². The van der Waals surface area contributed by atoms with Crippen molar-refractivity contribution < 1.29 is 19.3 Å². The van der Waals surface area contributed by atoms with Gasteiger partial charge in [0.25, 0.3) is 0 Å². The average molecular weight is 363 g/mol. The minimum atomic E-state index is -0.225. The first-order valence-corrected chi connectivity index (χ1v) is 9.90. The van der Waals surface area contributed by atoms with Gasteiger partial charge in [-0.1, -0.05) is 6.07 Å². The maximum atomic E-state index is 10.2. The largest absolute Gasteiger partial charge is 0.493 e. The predicted molar refractivity (Wildman–Crippen MR) is 102 cm³/mol. The lowest BCUT2D eigenvalue weighted by Crippen LogP contribution is -2.51. The van der Waals surface area contributed by atoms with Gasteiger partial charge in [-0.05, 0) is 52.5 Å². The smallest absolute Gasteiger partial charge is 0.130 e. The van der Waals surface area contributed by atoms with Gasteiger partial charge in [0.1, 0.15) is 11.5 Å². The molecule has 0 spiro atoms. The Balaban J connectivity index is 1.85. The highest BCUT2D eigenvalue weighted by molar-refractivity contribution is 5.49. The Labute approximate surface area is 157 Å². The summed E-state index contributed by atoms with van der Waals surface area (Å²) in [6, 6.07) is 4.43. The van der Waals surface area contributed by atoms with Crippen LogP contribution in [0, 0.1) is 6.92 Å². The van der Waals surface area contributed by atoms with Crippen LogP contribution in [0.15, 0.2) is 12.1 Å². The normalized spacial score (nSPS) is 28.8. The van der Waals surface area contributed by atoms with E-state index < -0.39 is 0 Å². The SMILES string of the molecule is CCOc1ccc(CN2CC[C@]3(OC)CC[C@H](O)C[C@H]23)c(OCC)c1C. The first kappa shape index (κ1) is 19.5. The molecule has 3 atom stereocenters. The van der Waals surface area contributed by atoms with Gasteiger partial charge in [0.2, 0.25) is 0 Å². The van der Waals surface area contributed by atoms with E-state index in [2.05, 4.69) is 17.9 Å². The van der Waals surface area contributed by atoms with Crippen LogP contribution < -0.4 is 9.47 Å². The maximum Gasteiger partial charge on any atom is 0.130 e. The second-order valence-corrected chi connectivity index (χ2v) is 7.48. The van der Waals surface area contributed by atoms with Crippen LogP contribution in [-0.4, -0.2) is 54.6 Å². The number of likely N-dealkylation sites (tertiary alicyclic amines) is 1. The number of nitrogens with zero attached hydrogens (tertiary/aromatic N) is 1. The van der Waals surface area contributed by atoms with Crippen LogP contribution in [0.4, 0.5) is 0 Å². The van der Waals surface area contributed by atoms with Crippen LogP contribution in [-0.2, 0) is 11.3 Å². The van der Waals surface area contributed by atoms with Crippen molar-refractivity contribution >= 4 is 0 Å². The lowest BCUT2D eigenvalue weighted by molar-refractivity contribution is -0.0880. The quantitative estimate of drug-likeness (QED) is 0.806. The predicted octanol–water partition coefficient (Wildman–Crippen LogP) is 3.30. The van der Waals surface area contributed by atoms with Gasteiger partial charge in [0, 0.05) is 37.4 Å². The number of methoxy groups -OCH3 is 1. The Bertz CT molecular complexity index is 620. The topological polar surface area (TPSA) is 51.2 Å². The monoisotopic (exact) mass is 363 g/mol. The van der Waals surface area contributed by atoms with Crippen molar-refractivity contribution in [3.63, 3.8) is 0 Å². The van der Waals surface area contributed by atoms with Crippen LogP contribution in [0.25, 0.3) is 0 Å². The molecule has 0 unspecified atom stereocenters. The molecule has 2 aliphatic rings. The molecule has 26 heavy (non-hydrogen) atoms. The van der Waals surface area contributed by atoms with Gasteiger partial charge >= 0.3 is 0 Å². The number of ether oxygens (including phenoxy) is 3. The first-order chi connectivity index (χ1) is 12.5. The molecule has 0 amide bonds. The molecule has 1 aliphatic carbocycles. The molecular formula is C21H33NO4. The van der Waals surface area contributed by atoms with Gasteiger partial charge in [-0.15, -0.1) is 0 Å². The van der Waals surface area contributed by atoms with Gasteiger partial charge in [-0.2, -0.15) is 0 Å². The number of rotatable bonds is 7. The second kappa shape index (κ2) is 8.15. The number of hydrogen-bond donors (Lipinski definition) is 1. The van der Waals surface area contributed by atoms with Crippen LogP contribution >= 0.6 is 0 Å². The number of benzene rings is 1. The third-order valence-electron chi connectivity index (χ3n) is 6.07. The van der Waals surface area contributed by atoms with Gasteiger partial charge in [0.15, 0.2) is 0 Å². The van der Waals surface area contributed by atoms with Gasteiger partial charge < -0.3 is 19.3 Å². The van der Waals surface area contributed by atoms with E-state index in [1.807, 2.05) is 27.0 Å². The molecule has 1 saturated heterocycles. The lowest BCUT2D eigenvalue weighted by Gasteiger charge is -2.42. The molecule has 146 valence electrons. The number of hydrogen-bond acceptors (Lipinski definition) is 5. The number of aliphatic hydroxyl groups excluding tert-OH is 1. The number of aliphatic hydroxyl groups is 1. The van der Waals surface area contributed by atoms with E-state index in [1.54, 1.807) is 0 Å². The highest BCUT2D eigenvalue weighted by atomic mass is 16.5. The molecular weight excluding hydrogens is 330 g/mol. The molecule has 1 heterocycles. The van der Waals surface area contributed by atoms with E-state index in [0.717, 1.165) is 55.8 Å². The summed E-state index contributed by atoms with van der Waals surface area (Å²) < 4.78 is 17.7. The summed E-state index contributed by atoms with van der Waals surface area (Å²) in [5.41, 5.74) is 2.14. The summed E-state index contributed by atoms with van der Waals surface area (Å²) >= 11 is 0. The van der Waals surface area contributed by atoms with E-state index in [0.29, 0.717) is 13.2 Å².